The molecular formula is C16H42O9Si4. The van der Waals surface area contributed by atoms with E-state index in [0.29, 0.717) is 39.6 Å². The molecule has 29 heavy (non-hydrogen) atoms. The summed E-state index contributed by atoms with van der Waals surface area (Å²) in [5, 5.41) is 0. The van der Waals surface area contributed by atoms with E-state index >= 15 is 0 Å². The van der Waals surface area contributed by atoms with Crippen molar-refractivity contribution >= 4 is 35.2 Å². The third-order valence-electron chi connectivity index (χ3n) is 3.55. The molecule has 0 saturated heterocycles. The Bertz CT molecular complexity index is 367. The lowest BCUT2D eigenvalue weighted by Crippen LogP contribution is -2.65. The predicted octanol–water partition coefficient (Wildman–Crippen LogP) is 3.53. The van der Waals surface area contributed by atoms with Crippen molar-refractivity contribution in [2.45, 2.75) is 67.7 Å². The SMILES string of the molecule is CCO[Si](C)(OCC)O[Si](C)(O[Si](C)(OCC)OCC)O[Si](C)(OCC)OCC. The Balaban J connectivity index is 5.98. The Labute approximate surface area is 181 Å². The molecule has 0 unspecified atom stereocenters. The Morgan fingerprint density at radius 1 is 0.345 bits per heavy atom. The van der Waals surface area contributed by atoms with Crippen LogP contribution in [-0.2, 0) is 38.9 Å². The maximum atomic E-state index is 6.42. The summed E-state index contributed by atoms with van der Waals surface area (Å²) in [6, 6.07) is 0. The van der Waals surface area contributed by atoms with Gasteiger partial charge in [-0.1, -0.05) is 0 Å². The second-order valence-electron chi connectivity index (χ2n) is 6.35. The quantitative estimate of drug-likeness (QED) is 0.268. The van der Waals surface area contributed by atoms with Crippen molar-refractivity contribution in [3.63, 3.8) is 0 Å². The second-order valence-corrected chi connectivity index (χ2v) is 17.4. The highest BCUT2D eigenvalue weighted by atomic mass is 28.5. The van der Waals surface area contributed by atoms with Gasteiger partial charge in [0.2, 0.25) is 0 Å². The Morgan fingerprint density at radius 2 is 0.517 bits per heavy atom. The zero-order valence-corrected chi connectivity index (χ0v) is 23.9. The van der Waals surface area contributed by atoms with Gasteiger partial charge in [-0.3, -0.25) is 0 Å². The molecular weight excluding hydrogens is 449 g/mol. The van der Waals surface area contributed by atoms with Gasteiger partial charge in [0.15, 0.2) is 0 Å². The van der Waals surface area contributed by atoms with Crippen LogP contribution in [0.5, 0.6) is 0 Å². The van der Waals surface area contributed by atoms with Crippen molar-refractivity contribution in [2.24, 2.45) is 0 Å². The highest BCUT2D eigenvalue weighted by Gasteiger charge is 2.57. The van der Waals surface area contributed by atoms with Crippen LogP contribution < -0.4 is 0 Å². The van der Waals surface area contributed by atoms with E-state index in [1.807, 2.05) is 61.2 Å². The van der Waals surface area contributed by atoms with Gasteiger partial charge in [0.1, 0.15) is 0 Å². The van der Waals surface area contributed by atoms with Gasteiger partial charge in [-0.2, -0.15) is 0 Å². The molecule has 0 radical (unpaired) electrons. The van der Waals surface area contributed by atoms with Crippen molar-refractivity contribution in [1.82, 2.24) is 0 Å². The van der Waals surface area contributed by atoms with E-state index in [9.17, 15) is 0 Å². The average molecular weight is 491 g/mol. The van der Waals surface area contributed by atoms with E-state index in [1.54, 1.807) is 6.55 Å². The maximum Gasteiger partial charge on any atom is 0.490 e. The number of hydrogen-bond acceptors (Lipinski definition) is 9. The van der Waals surface area contributed by atoms with Crippen LogP contribution in [0.3, 0.4) is 0 Å². The van der Waals surface area contributed by atoms with Gasteiger partial charge in [0.25, 0.3) is 0 Å². The summed E-state index contributed by atoms with van der Waals surface area (Å²) in [5.74, 6) is 0. The van der Waals surface area contributed by atoms with Gasteiger partial charge >= 0.3 is 35.2 Å². The summed E-state index contributed by atoms with van der Waals surface area (Å²) < 4.78 is 54.5. The lowest BCUT2D eigenvalue weighted by atomic mass is 10.9. The van der Waals surface area contributed by atoms with E-state index in [-0.39, 0.29) is 0 Å². The molecule has 0 spiro atoms. The van der Waals surface area contributed by atoms with Gasteiger partial charge in [0.05, 0.1) is 0 Å². The minimum Gasteiger partial charge on any atom is -0.374 e. The Kier molecular flexibility index (Phi) is 14.1. The summed E-state index contributed by atoms with van der Waals surface area (Å²) in [6.07, 6.45) is 0. The van der Waals surface area contributed by atoms with Crippen molar-refractivity contribution in [3.8, 4) is 0 Å². The molecule has 0 fully saturated rings. The molecule has 0 aliphatic heterocycles. The summed E-state index contributed by atoms with van der Waals surface area (Å²) >= 11 is 0. The largest absolute Gasteiger partial charge is 0.490 e. The van der Waals surface area contributed by atoms with E-state index in [4.69, 9.17) is 38.9 Å². The van der Waals surface area contributed by atoms with Crippen LogP contribution >= 0.6 is 0 Å². The molecule has 176 valence electrons. The summed E-state index contributed by atoms with van der Waals surface area (Å²) in [4.78, 5) is 0. The predicted molar refractivity (Wildman–Crippen MR) is 119 cm³/mol. The van der Waals surface area contributed by atoms with Crippen LogP contribution in [-0.4, -0.2) is 74.9 Å². The summed E-state index contributed by atoms with van der Waals surface area (Å²) in [5.41, 5.74) is 0. The fourth-order valence-electron chi connectivity index (χ4n) is 2.95. The monoisotopic (exact) mass is 490 g/mol. The molecule has 0 aliphatic carbocycles. The Hall–Kier alpha value is 0.508. The molecule has 0 aromatic carbocycles. The first-order valence-electron chi connectivity index (χ1n) is 10.4. The van der Waals surface area contributed by atoms with Crippen molar-refractivity contribution in [1.29, 1.82) is 0 Å². The van der Waals surface area contributed by atoms with Crippen LogP contribution in [0.4, 0.5) is 0 Å². The minimum atomic E-state index is -3.44. The third-order valence-corrected chi connectivity index (χ3v) is 17.3. The molecule has 0 atom stereocenters. The van der Waals surface area contributed by atoms with Crippen LogP contribution in [0, 0.1) is 0 Å². The van der Waals surface area contributed by atoms with Crippen LogP contribution in [0.1, 0.15) is 41.5 Å². The molecule has 9 nitrogen and oxygen atoms in total. The van der Waals surface area contributed by atoms with Crippen molar-refractivity contribution < 1.29 is 38.9 Å². The fourth-order valence-corrected chi connectivity index (χ4v) is 17.5. The van der Waals surface area contributed by atoms with Gasteiger partial charge < -0.3 is 38.9 Å². The van der Waals surface area contributed by atoms with Crippen molar-refractivity contribution in [3.05, 3.63) is 0 Å². The molecule has 0 bridgehead atoms. The van der Waals surface area contributed by atoms with Crippen LogP contribution in [0.15, 0.2) is 0 Å². The molecule has 0 heterocycles. The van der Waals surface area contributed by atoms with E-state index in [1.165, 1.54) is 0 Å². The molecule has 0 rings (SSSR count). The normalized spacial score (nSPS) is 13.9. The van der Waals surface area contributed by atoms with Crippen LogP contribution in [0.2, 0.25) is 26.2 Å². The third kappa shape index (κ3) is 11.1. The van der Waals surface area contributed by atoms with E-state index < -0.39 is 35.2 Å². The molecule has 0 saturated carbocycles. The smallest absolute Gasteiger partial charge is 0.374 e. The lowest BCUT2D eigenvalue weighted by molar-refractivity contribution is 0.0436. The number of hydrogen-bond donors (Lipinski definition) is 0. The molecule has 0 aromatic rings. The van der Waals surface area contributed by atoms with Crippen LogP contribution in [0.25, 0.3) is 0 Å². The highest BCUT2D eigenvalue weighted by molar-refractivity contribution is 6.84. The lowest BCUT2D eigenvalue weighted by Gasteiger charge is -2.41. The van der Waals surface area contributed by atoms with Crippen molar-refractivity contribution in [2.75, 3.05) is 39.6 Å². The van der Waals surface area contributed by atoms with E-state index in [0.717, 1.165) is 0 Å². The maximum absolute atomic E-state index is 6.42. The first-order valence-corrected chi connectivity index (χ1v) is 19.3. The highest BCUT2D eigenvalue weighted by Crippen LogP contribution is 2.28. The Morgan fingerprint density at radius 3 is 0.655 bits per heavy atom. The summed E-state index contributed by atoms with van der Waals surface area (Å²) in [6.45, 7) is 21.4. The molecule has 0 amide bonds. The standard InChI is InChI=1S/C16H42O9Si4/c1-11-17-26(7,18-12-2)23-29(10,24-27(8,19-13-3)20-14-4)25-28(9,21-15-5)22-16-6/h11-16H2,1-10H3. The molecule has 0 aromatic heterocycles. The molecule has 0 aliphatic rings. The minimum absolute atomic E-state index is 0.449. The first kappa shape index (κ1) is 29.5. The average Bonchev–Trinajstić information content (AvgIpc) is 2.54. The topological polar surface area (TPSA) is 83.1 Å². The van der Waals surface area contributed by atoms with E-state index in [2.05, 4.69) is 0 Å². The van der Waals surface area contributed by atoms with Gasteiger partial charge in [-0.05, 0) is 41.5 Å². The first-order chi connectivity index (χ1) is 13.5. The van der Waals surface area contributed by atoms with Gasteiger partial charge in [0, 0.05) is 65.8 Å². The zero-order valence-electron chi connectivity index (χ0n) is 19.9. The fraction of sp³-hybridized carbons (Fsp3) is 1.00. The molecule has 13 heteroatoms. The summed E-state index contributed by atoms with van der Waals surface area (Å²) in [7, 11) is -12.6. The molecule has 0 N–H and O–H groups in total. The second kappa shape index (κ2) is 13.8. The zero-order chi connectivity index (χ0) is 22.6. The van der Waals surface area contributed by atoms with Gasteiger partial charge in [-0.25, -0.2) is 0 Å². The van der Waals surface area contributed by atoms with Gasteiger partial charge in [-0.15, -0.1) is 0 Å². The number of rotatable bonds is 18.